The topological polar surface area (TPSA) is 95.7 Å². The van der Waals surface area contributed by atoms with Gasteiger partial charge in [0.05, 0.1) is 22.1 Å². The minimum Gasteiger partial charge on any atom is -0.487 e. The second kappa shape index (κ2) is 5.58. The van der Waals surface area contributed by atoms with E-state index in [4.69, 9.17) is 9.47 Å². The van der Waals surface area contributed by atoms with Crippen molar-refractivity contribution in [3.63, 3.8) is 0 Å². The van der Waals surface area contributed by atoms with Gasteiger partial charge in [0.15, 0.2) is 12.0 Å². The summed E-state index contributed by atoms with van der Waals surface area (Å²) < 4.78 is 9.89. The molecule has 8 heteroatoms. The van der Waals surface area contributed by atoms with Crippen molar-refractivity contribution >= 4 is 33.9 Å². The number of esters is 1. The number of hydrogen-bond acceptors (Lipinski definition) is 6. The Morgan fingerprint density at radius 1 is 1.50 bits per heavy atom. The third kappa shape index (κ3) is 2.65. The average molecular weight is 318 g/mol. The summed E-state index contributed by atoms with van der Waals surface area (Å²) in [6.07, 6.45) is 0.322. The van der Waals surface area contributed by atoms with Gasteiger partial charge >= 0.3 is 11.7 Å². The zero-order chi connectivity index (χ0) is 13.9. The summed E-state index contributed by atoms with van der Waals surface area (Å²) in [5.41, 5.74) is -0.730. The molecule has 0 fully saturated rings. The Labute approximate surface area is 110 Å². The van der Waals surface area contributed by atoms with E-state index in [-0.39, 0.29) is 21.5 Å². The number of methoxy groups -OCH3 is 1. The number of carbonyl (C=O) groups excluding carboxylic acids is 2. The highest BCUT2D eigenvalue weighted by atomic mass is 79.9. The molecule has 0 unspecified atom stereocenters. The SMILES string of the molecule is COc1c(OC(C)=O)c(Br)cc(C=O)c1[N+](=O)[O-]. The number of benzene rings is 1. The van der Waals surface area contributed by atoms with Gasteiger partial charge in [-0.05, 0) is 22.0 Å². The lowest BCUT2D eigenvalue weighted by Gasteiger charge is -2.11. The smallest absolute Gasteiger partial charge is 0.325 e. The van der Waals surface area contributed by atoms with Crippen LogP contribution < -0.4 is 9.47 Å². The molecule has 0 N–H and O–H groups in total. The van der Waals surface area contributed by atoms with Crippen LogP contribution in [0.1, 0.15) is 17.3 Å². The van der Waals surface area contributed by atoms with Crippen molar-refractivity contribution in [3.8, 4) is 11.5 Å². The van der Waals surface area contributed by atoms with Crippen molar-refractivity contribution < 1.29 is 24.0 Å². The van der Waals surface area contributed by atoms with Gasteiger partial charge in [-0.1, -0.05) is 0 Å². The van der Waals surface area contributed by atoms with Gasteiger partial charge in [0.2, 0.25) is 5.75 Å². The fourth-order valence-corrected chi connectivity index (χ4v) is 1.83. The molecule has 0 aromatic heterocycles. The molecule has 7 nitrogen and oxygen atoms in total. The summed E-state index contributed by atoms with van der Waals surface area (Å²) in [4.78, 5) is 31.9. The first-order valence-electron chi connectivity index (χ1n) is 4.60. The fourth-order valence-electron chi connectivity index (χ4n) is 1.32. The molecular weight excluding hydrogens is 310 g/mol. The molecule has 1 rings (SSSR count). The van der Waals surface area contributed by atoms with Crippen LogP contribution in [-0.4, -0.2) is 24.3 Å². The van der Waals surface area contributed by atoms with Crippen molar-refractivity contribution in [1.29, 1.82) is 0 Å². The molecule has 0 aliphatic carbocycles. The normalized spacial score (nSPS) is 9.72. The lowest BCUT2D eigenvalue weighted by molar-refractivity contribution is -0.386. The van der Waals surface area contributed by atoms with Crippen LogP contribution in [0.25, 0.3) is 0 Å². The van der Waals surface area contributed by atoms with E-state index in [0.717, 1.165) is 6.92 Å². The highest BCUT2D eigenvalue weighted by Gasteiger charge is 2.28. The standard InChI is InChI=1S/C10H8BrNO6/c1-5(14)18-9-7(11)3-6(4-13)8(12(15)16)10(9)17-2/h3-4H,1-2H3. The average Bonchev–Trinajstić information content (AvgIpc) is 2.29. The Hall–Kier alpha value is -1.96. The second-order valence-corrected chi connectivity index (χ2v) is 3.98. The second-order valence-electron chi connectivity index (χ2n) is 3.13. The van der Waals surface area contributed by atoms with Crippen LogP contribution in [-0.2, 0) is 4.79 Å². The number of halogens is 1. The van der Waals surface area contributed by atoms with Crippen LogP contribution in [0.2, 0.25) is 0 Å². The van der Waals surface area contributed by atoms with Crippen molar-refractivity contribution in [1.82, 2.24) is 0 Å². The van der Waals surface area contributed by atoms with E-state index < -0.39 is 16.6 Å². The molecule has 1 aromatic carbocycles. The minimum absolute atomic E-state index is 0.137. The molecule has 0 amide bonds. The van der Waals surface area contributed by atoms with Crippen LogP contribution in [0.5, 0.6) is 11.5 Å². The van der Waals surface area contributed by atoms with E-state index in [1.807, 2.05) is 0 Å². The molecule has 0 saturated heterocycles. The number of carbonyl (C=O) groups is 2. The van der Waals surface area contributed by atoms with Crippen molar-refractivity contribution in [2.45, 2.75) is 6.92 Å². The number of nitro benzene ring substituents is 1. The van der Waals surface area contributed by atoms with Crippen molar-refractivity contribution in [2.75, 3.05) is 7.11 Å². The van der Waals surface area contributed by atoms with Gasteiger partial charge in [-0.25, -0.2) is 0 Å². The van der Waals surface area contributed by atoms with Crippen LogP contribution >= 0.6 is 15.9 Å². The van der Waals surface area contributed by atoms with E-state index in [0.29, 0.717) is 6.29 Å². The third-order valence-corrected chi connectivity index (χ3v) is 2.54. The first-order chi connectivity index (χ1) is 8.42. The molecular formula is C10H8BrNO6. The first-order valence-corrected chi connectivity index (χ1v) is 5.40. The Morgan fingerprint density at radius 3 is 2.50 bits per heavy atom. The molecule has 0 atom stereocenters. The zero-order valence-corrected chi connectivity index (χ0v) is 11.0. The molecule has 0 aliphatic rings. The number of hydrogen-bond donors (Lipinski definition) is 0. The Kier molecular flexibility index (Phi) is 4.38. The van der Waals surface area contributed by atoms with E-state index in [1.165, 1.54) is 13.2 Å². The fraction of sp³-hybridized carbons (Fsp3) is 0.200. The molecule has 18 heavy (non-hydrogen) atoms. The predicted octanol–water partition coefficient (Wildman–Crippen LogP) is 2.10. The molecule has 0 saturated carbocycles. The maximum absolute atomic E-state index is 10.9. The van der Waals surface area contributed by atoms with Gasteiger partial charge in [0, 0.05) is 6.92 Å². The van der Waals surface area contributed by atoms with Gasteiger partial charge in [-0.3, -0.25) is 19.7 Å². The van der Waals surface area contributed by atoms with Crippen molar-refractivity contribution in [3.05, 3.63) is 26.2 Å². The predicted molar refractivity (Wildman–Crippen MR) is 64.0 cm³/mol. The van der Waals surface area contributed by atoms with Crippen LogP contribution in [0.3, 0.4) is 0 Å². The maximum atomic E-state index is 10.9. The van der Waals surface area contributed by atoms with E-state index in [2.05, 4.69) is 15.9 Å². The maximum Gasteiger partial charge on any atom is 0.325 e. The van der Waals surface area contributed by atoms with Gasteiger partial charge in [0.1, 0.15) is 0 Å². The number of ether oxygens (including phenoxy) is 2. The molecule has 96 valence electrons. The minimum atomic E-state index is -0.776. The highest BCUT2D eigenvalue weighted by molar-refractivity contribution is 9.10. The summed E-state index contributed by atoms with van der Waals surface area (Å²) >= 11 is 3.05. The first kappa shape index (κ1) is 14.1. The summed E-state index contributed by atoms with van der Waals surface area (Å²) in [5.74, 6) is -1.09. The Balaban J connectivity index is 3.62. The summed E-state index contributed by atoms with van der Waals surface area (Å²) in [6.45, 7) is 1.14. The summed E-state index contributed by atoms with van der Waals surface area (Å²) in [7, 11) is 1.18. The molecule has 0 spiro atoms. The van der Waals surface area contributed by atoms with Crippen LogP contribution in [0, 0.1) is 10.1 Å². The van der Waals surface area contributed by atoms with Gasteiger partial charge in [-0.15, -0.1) is 0 Å². The number of nitro groups is 1. The van der Waals surface area contributed by atoms with Crippen molar-refractivity contribution in [2.24, 2.45) is 0 Å². The monoisotopic (exact) mass is 317 g/mol. The van der Waals surface area contributed by atoms with E-state index in [1.54, 1.807) is 0 Å². The van der Waals surface area contributed by atoms with Gasteiger partial charge in [-0.2, -0.15) is 0 Å². The number of nitrogens with zero attached hydrogens (tertiary/aromatic N) is 1. The molecule has 1 aromatic rings. The zero-order valence-electron chi connectivity index (χ0n) is 9.43. The van der Waals surface area contributed by atoms with E-state index in [9.17, 15) is 19.7 Å². The largest absolute Gasteiger partial charge is 0.487 e. The molecule has 0 bridgehead atoms. The number of aldehydes is 1. The molecule has 0 heterocycles. The summed E-state index contributed by atoms with van der Waals surface area (Å²) in [6, 6.07) is 1.19. The number of rotatable bonds is 4. The van der Waals surface area contributed by atoms with Gasteiger partial charge in [0.25, 0.3) is 0 Å². The lowest BCUT2D eigenvalue weighted by atomic mass is 10.1. The lowest BCUT2D eigenvalue weighted by Crippen LogP contribution is -2.07. The Bertz CT molecular complexity index is 528. The van der Waals surface area contributed by atoms with Crippen LogP contribution in [0.15, 0.2) is 10.5 Å². The van der Waals surface area contributed by atoms with Crippen LogP contribution in [0.4, 0.5) is 5.69 Å². The molecule has 0 radical (unpaired) electrons. The van der Waals surface area contributed by atoms with E-state index >= 15 is 0 Å². The third-order valence-electron chi connectivity index (χ3n) is 1.95. The molecule has 0 aliphatic heterocycles. The quantitative estimate of drug-likeness (QED) is 0.277. The van der Waals surface area contributed by atoms with Gasteiger partial charge < -0.3 is 9.47 Å². The highest BCUT2D eigenvalue weighted by Crippen LogP contribution is 2.44. The summed E-state index contributed by atoms with van der Waals surface area (Å²) in [5, 5.41) is 10.9. The Morgan fingerprint density at radius 2 is 2.11 bits per heavy atom.